The van der Waals surface area contributed by atoms with E-state index in [0.717, 1.165) is 12.8 Å². The molecule has 0 spiro atoms. The zero-order valence-electron chi connectivity index (χ0n) is 11.2. The molecule has 1 fully saturated rings. The average molecular weight is 243 g/mol. The standard InChI is InChI=1S/C15H21N3/c1-11(2)12-6-5-7-13(10-12)14-8-3-4-9-15(14)17-18-16/h5-7,10-11,14-15H,3-4,8-9H2,1-2H3. The van der Waals surface area contributed by atoms with Crippen molar-refractivity contribution in [3.63, 3.8) is 0 Å². The minimum absolute atomic E-state index is 0.145. The Kier molecular flexibility index (Phi) is 4.27. The van der Waals surface area contributed by atoms with Crippen molar-refractivity contribution in [3.8, 4) is 0 Å². The molecule has 0 amide bonds. The second-order valence-electron chi connectivity index (χ2n) is 5.49. The Morgan fingerprint density at radius 3 is 2.78 bits per heavy atom. The van der Waals surface area contributed by atoms with E-state index in [2.05, 4.69) is 48.1 Å². The molecule has 0 bridgehead atoms. The fourth-order valence-electron chi connectivity index (χ4n) is 2.85. The van der Waals surface area contributed by atoms with Gasteiger partial charge in [0.1, 0.15) is 0 Å². The van der Waals surface area contributed by atoms with Gasteiger partial charge in [0.25, 0.3) is 0 Å². The molecule has 1 aliphatic carbocycles. The van der Waals surface area contributed by atoms with Crippen molar-refractivity contribution in [2.75, 3.05) is 0 Å². The minimum atomic E-state index is 0.145. The summed E-state index contributed by atoms with van der Waals surface area (Å²) in [5.74, 6) is 0.958. The van der Waals surface area contributed by atoms with E-state index < -0.39 is 0 Å². The predicted octanol–water partition coefficient (Wildman–Crippen LogP) is 5.15. The Hall–Kier alpha value is -1.47. The van der Waals surface area contributed by atoms with Crippen LogP contribution in [-0.2, 0) is 0 Å². The Morgan fingerprint density at radius 1 is 1.28 bits per heavy atom. The van der Waals surface area contributed by atoms with Crippen LogP contribution in [0.15, 0.2) is 29.4 Å². The van der Waals surface area contributed by atoms with Gasteiger partial charge in [-0.3, -0.25) is 0 Å². The van der Waals surface area contributed by atoms with E-state index in [1.807, 2.05) is 0 Å². The van der Waals surface area contributed by atoms with E-state index in [9.17, 15) is 0 Å². The molecule has 0 aromatic heterocycles. The first-order chi connectivity index (χ1) is 8.72. The van der Waals surface area contributed by atoms with Crippen LogP contribution >= 0.6 is 0 Å². The molecule has 0 aliphatic heterocycles. The highest BCUT2D eigenvalue weighted by molar-refractivity contribution is 5.29. The van der Waals surface area contributed by atoms with Crippen LogP contribution in [-0.4, -0.2) is 6.04 Å². The lowest BCUT2D eigenvalue weighted by molar-refractivity contribution is 0.384. The summed E-state index contributed by atoms with van der Waals surface area (Å²) in [6.45, 7) is 4.43. The third-order valence-electron chi connectivity index (χ3n) is 3.93. The fourth-order valence-corrected chi connectivity index (χ4v) is 2.85. The van der Waals surface area contributed by atoms with Gasteiger partial charge in [0, 0.05) is 11.0 Å². The molecule has 1 aromatic rings. The molecule has 1 aliphatic rings. The Labute approximate surface area is 109 Å². The maximum absolute atomic E-state index is 8.68. The van der Waals surface area contributed by atoms with E-state index in [-0.39, 0.29) is 6.04 Å². The first kappa shape index (κ1) is 13.0. The minimum Gasteiger partial charge on any atom is -0.0900 e. The number of rotatable bonds is 3. The quantitative estimate of drug-likeness (QED) is 0.400. The van der Waals surface area contributed by atoms with Gasteiger partial charge >= 0.3 is 0 Å². The van der Waals surface area contributed by atoms with Gasteiger partial charge in [-0.05, 0) is 41.3 Å². The number of nitrogens with zero attached hydrogens (tertiary/aromatic N) is 3. The van der Waals surface area contributed by atoms with Gasteiger partial charge < -0.3 is 0 Å². The Bertz CT molecular complexity index is 447. The van der Waals surface area contributed by atoms with E-state index in [0.29, 0.717) is 11.8 Å². The van der Waals surface area contributed by atoms with Gasteiger partial charge in [0.2, 0.25) is 0 Å². The number of hydrogen-bond acceptors (Lipinski definition) is 1. The van der Waals surface area contributed by atoms with E-state index in [1.54, 1.807) is 0 Å². The van der Waals surface area contributed by atoms with E-state index in [1.165, 1.54) is 24.0 Å². The summed E-state index contributed by atoms with van der Waals surface area (Å²) < 4.78 is 0. The largest absolute Gasteiger partial charge is 0.0900 e. The molecule has 0 saturated heterocycles. The number of azide groups is 1. The molecule has 3 heteroatoms. The summed E-state index contributed by atoms with van der Waals surface area (Å²) in [6, 6.07) is 8.93. The van der Waals surface area contributed by atoms with Crippen LogP contribution in [0.1, 0.15) is 62.5 Å². The molecule has 0 heterocycles. The molecular formula is C15H21N3. The van der Waals surface area contributed by atoms with Crippen molar-refractivity contribution in [1.29, 1.82) is 0 Å². The van der Waals surface area contributed by atoms with Gasteiger partial charge in [-0.2, -0.15) is 0 Å². The highest BCUT2D eigenvalue weighted by atomic mass is 15.1. The molecule has 1 aromatic carbocycles. The molecule has 2 rings (SSSR count). The molecule has 18 heavy (non-hydrogen) atoms. The highest BCUT2D eigenvalue weighted by Crippen LogP contribution is 2.36. The predicted molar refractivity (Wildman–Crippen MR) is 74.7 cm³/mol. The topological polar surface area (TPSA) is 48.8 Å². The van der Waals surface area contributed by atoms with Crippen LogP contribution in [0.5, 0.6) is 0 Å². The summed E-state index contributed by atoms with van der Waals surface area (Å²) in [5, 5.41) is 4.00. The molecule has 3 nitrogen and oxygen atoms in total. The Balaban J connectivity index is 2.27. The van der Waals surface area contributed by atoms with Crippen LogP contribution in [0, 0.1) is 0 Å². The van der Waals surface area contributed by atoms with Gasteiger partial charge in [0.05, 0.1) is 0 Å². The van der Waals surface area contributed by atoms with Crippen molar-refractivity contribution >= 4 is 0 Å². The second kappa shape index (κ2) is 5.92. The fraction of sp³-hybridized carbons (Fsp3) is 0.600. The second-order valence-corrected chi connectivity index (χ2v) is 5.49. The van der Waals surface area contributed by atoms with Gasteiger partial charge in [0.15, 0.2) is 0 Å². The van der Waals surface area contributed by atoms with Crippen LogP contribution in [0.3, 0.4) is 0 Å². The first-order valence-electron chi connectivity index (χ1n) is 6.86. The third-order valence-corrected chi connectivity index (χ3v) is 3.93. The smallest absolute Gasteiger partial charge is 0.0442 e. The summed E-state index contributed by atoms with van der Waals surface area (Å²) in [5.41, 5.74) is 11.4. The lowest BCUT2D eigenvalue weighted by Crippen LogP contribution is -2.20. The highest BCUT2D eigenvalue weighted by Gasteiger charge is 2.25. The molecule has 1 saturated carbocycles. The van der Waals surface area contributed by atoms with Gasteiger partial charge in [-0.1, -0.05) is 56.1 Å². The van der Waals surface area contributed by atoms with Crippen molar-refractivity contribution in [1.82, 2.24) is 0 Å². The number of benzene rings is 1. The van der Waals surface area contributed by atoms with Crippen LogP contribution in [0.2, 0.25) is 0 Å². The van der Waals surface area contributed by atoms with Crippen molar-refractivity contribution < 1.29 is 0 Å². The Morgan fingerprint density at radius 2 is 2.06 bits per heavy atom. The zero-order valence-corrected chi connectivity index (χ0v) is 11.2. The van der Waals surface area contributed by atoms with Gasteiger partial charge in [-0.25, -0.2) is 0 Å². The molecule has 0 radical (unpaired) electrons. The summed E-state index contributed by atoms with van der Waals surface area (Å²) in [6.07, 6.45) is 4.60. The van der Waals surface area contributed by atoms with Crippen LogP contribution in [0.4, 0.5) is 0 Å². The lowest BCUT2D eigenvalue weighted by atomic mass is 9.79. The third kappa shape index (κ3) is 2.85. The summed E-state index contributed by atoms with van der Waals surface area (Å²) in [7, 11) is 0. The maximum Gasteiger partial charge on any atom is 0.0442 e. The molecule has 96 valence electrons. The van der Waals surface area contributed by atoms with Gasteiger partial charge in [-0.15, -0.1) is 0 Å². The molecule has 2 atom stereocenters. The monoisotopic (exact) mass is 243 g/mol. The average Bonchev–Trinajstić information content (AvgIpc) is 2.40. The van der Waals surface area contributed by atoms with Crippen molar-refractivity contribution in [3.05, 3.63) is 45.8 Å². The van der Waals surface area contributed by atoms with Crippen LogP contribution < -0.4 is 0 Å². The molecule has 2 unspecified atom stereocenters. The maximum atomic E-state index is 8.68. The SMILES string of the molecule is CC(C)c1cccc(C2CCCCC2N=[N+]=[N-])c1. The van der Waals surface area contributed by atoms with Crippen LogP contribution in [0.25, 0.3) is 10.4 Å². The lowest BCUT2D eigenvalue weighted by Gasteiger charge is -2.29. The summed E-state index contributed by atoms with van der Waals surface area (Å²) in [4.78, 5) is 3.02. The van der Waals surface area contributed by atoms with Crippen molar-refractivity contribution in [2.45, 2.75) is 57.4 Å². The molecule has 0 N–H and O–H groups in total. The van der Waals surface area contributed by atoms with E-state index in [4.69, 9.17) is 5.53 Å². The normalized spacial score (nSPS) is 23.7. The zero-order chi connectivity index (χ0) is 13.0. The summed E-state index contributed by atoms with van der Waals surface area (Å²) >= 11 is 0. The van der Waals surface area contributed by atoms with Crippen molar-refractivity contribution in [2.24, 2.45) is 5.11 Å². The first-order valence-corrected chi connectivity index (χ1v) is 6.86. The van der Waals surface area contributed by atoms with E-state index >= 15 is 0 Å². The molecular weight excluding hydrogens is 222 g/mol. The number of hydrogen-bond donors (Lipinski definition) is 0.